The summed E-state index contributed by atoms with van der Waals surface area (Å²) in [6.45, 7) is 3.73. The monoisotopic (exact) mass is 424 g/mol. The summed E-state index contributed by atoms with van der Waals surface area (Å²) >= 11 is 1.25. The van der Waals surface area contributed by atoms with Crippen LogP contribution in [0.3, 0.4) is 0 Å². The maximum atomic E-state index is 13.3. The van der Waals surface area contributed by atoms with E-state index in [4.69, 9.17) is 13.9 Å². The maximum absolute atomic E-state index is 13.3. The zero-order valence-electron chi connectivity index (χ0n) is 16.7. The van der Waals surface area contributed by atoms with Crippen LogP contribution >= 0.6 is 11.3 Å². The second kappa shape index (κ2) is 8.16. The van der Waals surface area contributed by atoms with Gasteiger partial charge in [0, 0.05) is 6.08 Å². The lowest BCUT2D eigenvalue weighted by Crippen LogP contribution is -2.39. The molecule has 2 aromatic heterocycles. The van der Waals surface area contributed by atoms with E-state index in [1.54, 1.807) is 62.1 Å². The highest BCUT2D eigenvalue weighted by Gasteiger charge is 2.33. The average molecular weight is 424 g/mol. The second-order valence-corrected chi connectivity index (χ2v) is 7.60. The van der Waals surface area contributed by atoms with Crippen LogP contribution in [0.1, 0.15) is 31.2 Å². The number of methoxy groups -OCH3 is 1. The third-order valence-corrected chi connectivity index (χ3v) is 5.75. The third-order valence-electron chi connectivity index (χ3n) is 4.77. The molecule has 30 heavy (non-hydrogen) atoms. The molecule has 1 atom stereocenters. The van der Waals surface area contributed by atoms with E-state index < -0.39 is 12.0 Å². The van der Waals surface area contributed by atoms with Crippen molar-refractivity contribution in [2.24, 2.45) is 4.99 Å². The zero-order chi connectivity index (χ0) is 21.3. The molecule has 3 heterocycles. The summed E-state index contributed by atoms with van der Waals surface area (Å²) in [5.41, 5.74) is 1.39. The largest absolute Gasteiger partial charge is 0.497 e. The first-order chi connectivity index (χ1) is 14.5. The van der Waals surface area contributed by atoms with Gasteiger partial charge in [-0.25, -0.2) is 9.79 Å². The number of benzene rings is 1. The molecule has 0 amide bonds. The molecule has 0 N–H and O–H groups in total. The first-order valence-corrected chi connectivity index (χ1v) is 10.2. The number of allylic oxidation sites excluding steroid dienone is 1. The fourth-order valence-electron chi connectivity index (χ4n) is 3.40. The zero-order valence-corrected chi connectivity index (χ0v) is 17.6. The summed E-state index contributed by atoms with van der Waals surface area (Å²) in [5, 5.41) is 0. The van der Waals surface area contributed by atoms with Crippen LogP contribution in [-0.4, -0.2) is 24.3 Å². The molecule has 4 rings (SSSR count). The van der Waals surface area contributed by atoms with Crippen molar-refractivity contribution in [2.75, 3.05) is 13.7 Å². The standard InChI is InChI=1S/C22H20N2O5S/c1-4-28-21(26)18-13(2)23-22-24(19(18)14-7-9-15(27-3)10-8-14)20(25)17(30-22)12-16-6-5-11-29-16/h5-12,19H,4H2,1-3H3/b17-12+. The molecule has 154 valence electrons. The Labute approximate surface area is 176 Å². The number of hydrogen-bond acceptors (Lipinski definition) is 7. The van der Waals surface area contributed by atoms with E-state index in [9.17, 15) is 9.59 Å². The first-order valence-electron chi connectivity index (χ1n) is 9.40. The number of ether oxygens (including phenoxy) is 2. The van der Waals surface area contributed by atoms with Crippen molar-refractivity contribution in [3.05, 3.63) is 84.9 Å². The minimum Gasteiger partial charge on any atom is -0.497 e. The molecule has 0 saturated carbocycles. The van der Waals surface area contributed by atoms with Crippen molar-refractivity contribution in [1.29, 1.82) is 0 Å². The van der Waals surface area contributed by atoms with Gasteiger partial charge in [0.2, 0.25) is 0 Å². The van der Waals surface area contributed by atoms with Crippen LogP contribution in [-0.2, 0) is 9.53 Å². The van der Waals surface area contributed by atoms with Gasteiger partial charge in [-0.1, -0.05) is 23.5 Å². The van der Waals surface area contributed by atoms with E-state index >= 15 is 0 Å². The summed E-state index contributed by atoms with van der Waals surface area (Å²) < 4.78 is 17.9. The minimum absolute atomic E-state index is 0.230. The summed E-state index contributed by atoms with van der Waals surface area (Å²) in [6.07, 6.45) is 3.23. The van der Waals surface area contributed by atoms with Gasteiger partial charge in [0.15, 0.2) is 4.80 Å². The van der Waals surface area contributed by atoms with E-state index in [1.165, 1.54) is 11.3 Å². The van der Waals surface area contributed by atoms with Crippen LogP contribution in [0.15, 0.2) is 68.1 Å². The molecular formula is C22H20N2O5S. The Balaban J connectivity index is 1.95. The average Bonchev–Trinajstić information content (AvgIpc) is 3.36. The highest BCUT2D eigenvalue weighted by molar-refractivity contribution is 7.07. The second-order valence-electron chi connectivity index (χ2n) is 6.59. The lowest BCUT2D eigenvalue weighted by atomic mass is 9.96. The van der Waals surface area contributed by atoms with E-state index in [0.29, 0.717) is 32.1 Å². The topological polar surface area (TPSA) is 83.0 Å². The summed E-state index contributed by atoms with van der Waals surface area (Å²) in [6, 6.07) is 10.2. The molecule has 3 aromatic rings. The van der Waals surface area contributed by atoms with Crippen LogP contribution < -0.4 is 19.6 Å². The number of rotatable bonds is 5. The number of carbonyl (C=O) groups is 1. The first kappa shape index (κ1) is 19.9. The number of furan rings is 1. The highest BCUT2D eigenvalue weighted by atomic mass is 32.1. The number of carbonyl (C=O) groups excluding carboxylic acids is 1. The summed E-state index contributed by atoms with van der Waals surface area (Å²) in [5.74, 6) is 0.768. The quantitative estimate of drug-likeness (QED) is 0.588. The number of thiazole rings is 1. The summed E-state index contributed by atoms with van der Waals surface area (Å²) in [7, 11) is 1.58. The van der Waals surface area contributed by atoms with E-state index in [-0.39, 0.29) is 12.2 Å². The Hall–Kier alpha value is -3.39. The van der Waals surface area contributed by atoms with Crippen LogP contribution in [0.2, 0.25) is 0 Å². The van der Waals surface area contributed by atoms with Gasteiger partial charge < -0.3 is 13.9 Å². The molecule has 8 heteroatoms. The van der Waals surface area contributed by atoms with E-state index in [2.05, 4.69) is 4.99 Å². The maximum Gasteiger partial charge on any atom is 0.338 e. The number of esters is 1. The van der Waals surface area contributed by atoms with Crippen molar-refractivity contribution >= 4 is 23.4 Å². The predicted octanol–water partition coefficient (Wildman–Crippen LogP) is 2.40. The third kappa shape index (κ3) is 3.50. The molecule has 1 aromatic carbocycles. The van der Waals surface area contributed by atoms with Crippen LogP contribution in [0.5, 0.6) is 5.75 Å². The molecular weight excluding hydrogens is 404 g/mol. The molecule has 0 aliphatic carbocycles. The molecule has 7 nitrogen and oxygen atoms in total. The van der Waals surface area contributed by atoms with Gasteiger partial charge in [-0.3, -0.25) is 9.36 Å². The lowest BCUT2D eigenvalue weighted by Gasteiger charge is -2.24. The van der Waals surface area contributed by atoms with Crippen molar-refractivity contribution < 1.29 is 18.7 Å². The fraction of sp³-hybridized carbons (Fsp3) is 0.227. The highest BCUT2D eigenvalue weighted by Crippen LogP contribution is 2.31. The van der Waals surface area contributed by atoms with Gasteiger partial charge in [-0.05, 0) is 43.7 Å². The minimum atomic E-state index is -0.648. The number of nitrogens with zero attached hydrogens (tertiary/aromatic N) is 2. The molecule has 0 spiro atoms. The van der Waals surface area contributed by atoms with Crippen LogP contribution in [0.25, 0.3) is 6.08 Å². The van der Waals surface area contributed by atoms with Gasteiger partial charge in [0.25, 0.3) is 5.56 Å². The number of fused-ring (bicyclic) bond motifs is 1. The lowest BCUT2D eigenvalue weighted by molar-refractivity contribution is -0.139. The Morgan fingerprint density at radius 3 is 2.70 bits per heavy atom. The molecule has 1 aliphatic rings. The van der Waals surface area contributed by atoms with Crippen LogP contribution in [0.4, 0.5) is 0 Å². The Bertz CT molecular complexity index is 1280. The van der Waals surface area contributed by atoms with Gasteiger partial charge in [0.1, 0.15) is 11.5 Å². The van der Waals surface area contributed by atoms with Gasteiger partial charge in [-0.2, -0.15) is 0 Å². The molecule has 0 radical (unpaired) electrons. The van der Waals surface area contributed by atoms with E-state index in [0.717, 1.165) is 5.56 Å². The summed E-state index contributed by atoms with van der Waals surface area (Å²) in [4.78, 5) is 31.2. The molecule has 1 unspecified atom stereocenters. The molecule has 0 fully saturated rings. The molecule has 1 aliphatic heterocycles. The Morgan fingerprint density at radius 2 is 2.07 bits per heavy atom. The van der Waals surface area contributed by atoms with Crippen molar-refractivity contribution in [3.8, 4) is 5.75 Å². The van der Waals surface area contributed by atoms with Gasteiger partial charge in [-0.15, -0.1) is 0 Å². The predicted molar refractivity (Wildman–Crippen MR) is 112 cm³/mol. The normalized spacial score (nSPS) is 16.2. The van der Waals surface area contributed by atoms with Gasteiger partial charge >= 0.3 is 5.97 Å². The van der Waals surface area contributed by atoms with Crippen molar-refractivity contribution in [2.45, 2.75) is 19.9 Å². The molecule has 0 saturated heterocycles. The Morgan fingerprint density at radius 1 is 1.30 bits per heavy atom. The smallest absolute Gasteiger partial charge is 0.338 e. The molecule has 0 bridgehead atoms. The van der Waals surface area contributed by atoms with E-state index in [1.807, 2.05) is 12.1 Å². The number of aromatic nitrogens is 1. The fourth-order valence-corrected chi connectivity index (χ4v) is 4.42. The van der Waals surface area contributed by atoms with Crippen LogP contribution in [0, 0.1) is 0 Å². The number of hydrogen-bond donors (Lipinski definition) is 0. The van der Waals surface area contributed by atoms with Crippen molar-refractivity contribution in [1.82, 2.24) is 4.57 Å². The van der Waals surface area contributed by atoms with Crippen molar-refractivity contribution in [3.63, 3.8) is 0 Å². The SMILES string of the molecule is CCOC(=O)C1=C(C)N=c2s/c(=C/c3ccco3)c(=O)n2C1c1ccc(OC)cc1. The Kier molecular flexibility index (Phi) is 5.41. The van der Waals surface area contributed by atoms with Gasteiger partial charge in [0.05, 0.1) is 41.8 Å².